The molecule has 2 heterocycles. The Balaban J connectivity index is 1.70. The van der Waals surface area contributed by atoms with Crippen LogP contribution in [0.3, 0.4) is 0 Å². The number of ether oxygens (including phenoxy) is 1. The van der Waals surface area contributed by atoms with Gasteiger partial charge in [0.25, 0.3) is 5.91 Å². The summed E-state index contributed by atoms with van der Waals surface area (Å²) >= 11 is 0. The first-order valence-corrected chi connectivity index (χ1v) is 10.3. The van der Waals surface area contributed by atoms with E-state index in [1.165, 1.54) is 0 Å². The highest BCUT2D eigenvalue weighted by molar-refractivity contribution is 5.97. The van der Waals surface area contributed by atoms with Crippen LogP contribution in [0.1, 0.15) is 48.3 Å². The molecule has 0 saturated carbocycles. The standard InChI is InChI=1S/C22H32N4O2/c1-4-28-20-11-6-5-10-19(20)22(27)26-14-7-9-18(17-26)21-23-12-16-25(21)15-8-13-24(2)3/h5-6,10-12,16,18H,4,7-9,13-15,17H2,1-3H3/t18-/m1/s1. The van der Waals surface area contributed by atoms with Crippen LogP contribution < -0.4 is 4.74 Å². The molecule has 0 aliphatic carbocycles. The monoisotopic (exact) mass is 384 g/mol. The highest BCUT2D eigenvalue weighted by Gasteiger charge is 2.29. The number of benzene rings is 1. The van der Waals surface area contributed by atoms with Gasteiger partial charge in [0.2, 0.25) is 0 Å². The number of hydrogen-bond donors (Lipinski definition) is 0. The maximum Gasteiger partial charge on any atom is 0.257 e. The van der Waals surface area contributed by atoms with Crippen LogP contribution in [0.4, 0.5) is 0 Å². The summed E-state index contributed by atoms with van der Waals surface area (Å²) in [6.45, 7) is 6.01. The van der Waals surface area contributed by atoms with Gasteiger partial charge in [0.1, 0.15) is 11.6 Å². The number of carbonyl (C=O) groups is 1. The zero-order chi connectivity index (χ0) is 19.9. The van der Waals surface area contributed by atoms with Gasteiger partial charge in [-0.25, -0.2) is 4.98 Å². The number of nitrogens with zero attached hydrogens (tertiary/aromatic N) is 4. The number of piperidine rings is 1. The van der Waals surface area contributed by atoms with Crippen LogP contribution >= 0.6 is 0 Å². The normalized spacial score (nSPS) is 17.1. The number of imidazole rings is 1. The molecule has 1 aliphatic heterocycles. The summed E-state index contributed by atoms with van der Waals surface area (Å²) in [5, 5.41) is 0. The van der Waals surface area contributed by atoms with Gasteiger partial charge < -0.3 is 19.1 Å². The second-order valence-corrected chi connectivity index (χ2v) is 7.66. The van der Waals surface area contributed by atoms with E-state index in [0.717, 1.165) is 44.7 Å². The summed E-state index contributed by atoms with van der Waals surface area (Å²) in [7, 11) is 4.19. The molecule has 0 N–H and O–H groups in total. The Morgan fingerprint density at radius 3 is 2.93 bits per heavy atom. The minimum absolute atomic E-state index is 0.0551. The van der Waals surface area contributed by atoms with Gasteiger partial charge in [0, 0.05) is 37.9 Å². The van der Waals surface area contributed by atoms with Crippen molar-refractivity contribution in [3.05, 3.63) is 48.0 Å². The minimum Gasteiger partial charge on any atom is -0.493 e. The van der Waals surface area contributed by atoms with Gasteiger partial charge in [0.15, 0.2) is 0 Å². The fourth-order valence-electron chi connectivity index (χ4n) is 3.89. The Morgan fingerprint density at radius 2 is 2.14 bits per heavy atom. The third-order valence-corrected chi connectivity index (χ3v) is 5.24. The first kappa shape index (κ1) is 20.4. The molecule has 1 amide bonds. The number of likely N-dealkylation sites (tertiary alicyclic amines) is 1. The Labute approximate surface area is 168 Å². The average molecular weight is 385 g/mol. The van der Waals surface area contributed by atoms with Gasteiger partial charge in [-0.2, -0.15) is 0 Å². The smallest absolute Gasteiger partial charge is 0.257 e. The van der Waals surface area contributed by atoms with Crippen molar-refractivity contribution >= 4 is 5.91 Å². The van der Waals surface area contributed by atoms with Crippen molar-refractivity contribution in [1.82, 2.24) is 19.4 Å². The van der Waals surface area contributed by atoms with E-state index >= 15 is 0 Å². The summed E-state index contributed by atoms with van der Waals surface area (Å²) in [5.41, 5.74) is 0.652. The predicted molar refractivity (Wildman–Crippen MR) is 111 cm³/mol. The molecule has 1 saturated heterocycles. The maximum absolute atomic E-state index is 13.2. The molecular weight excluding hydrogens is 352 g/mol. The van der Waals surface area contributed by atoms with E-state index in [9.17, 15) is 4.79 Å². The molecule has 0 unspecified atom stereocenters. The highest BCUT2D eigenvalue weighted by atomic mass is 16.5. The van der Waals surface area contributed by atoms with E-state index in [1.54, 1.807) is 0 Å². The molecule has 1 fully saturated rings. The number of amides is 1. The van der Waals surface area contributed by atoms with Gasteiger partial charge in [-0.1, -0.05) is 12.1 Å². The predicted octanol–water partition coefficient (Wildman–Crippen LogP) is 3.25. The molecule has 0 radical (unpaired) electrons. The number of para-hydroxylation sites is 1. The first-order chi connectivity index (χ1) is 13.6. The first-order valence-electron chi connectivity index (χ1n) is 10.3. The Morgan fingerprint density at radius 1 is 1.32 bits per heavy atom. The van der Waals surface area contributed by atoms with Gasteiger partial charge in [-0.15, -0.1) is 0 Å². The lowest BCUT2D eigenvalue weighted by molar-refractivity contribution is 0.0699. The van der Waals surface area contributed by atoms with Crippen molar-refractivity contribution in [2.75, 3.05) is 40.3 Å². The number of hydrogen-bond acceptors (Lipinski definition) is 4. The molecule has 3 rings (SSSR count). The number of carbonyl (C=O) groups excluding carboxylic acids is 1. The van der Waals surface area contributed by atoms with Gasteiger partial charge in [-0.05, 0) is 59.0 Å². The minimum atomic E-state index is 0.0551. The second-order valence-electron chi connectivity index (χ2n) is 7.66. The third-order valence-electron chi connectivity index (χ3n) is 5.24. The van der Waals surface area contributed by atoms with E-state index in [4.69, 9.17) is 4.74 Å². The molecular formula is C22H32N4O2. The Bertz CT molecular complexity index is 771. The third kappa shape index (κ3) is 4.93. The van der Waals surface area contributed by atoms with E-state index in [2.05, 4.69) is 34.7 Å². The molecule has 1 atom stereocenters. The molecule has 1 aliphatic rings. The molecule has 1 aromatic heterocycles. The molecule has 1 aromatic carbocycles. The average Bonchev–Trinajstić information content (AvgIpc) is 3.16. The SMILES string of the molecule is CCOc1ccccc1C(=O)N1CCC[C@@H](c2nccn2CCCN(C)C)C1. The molecule has 0 spiro atoms. The molecule has 6 nitrogen and oxygen atoms in total. The van der Waals surface area contributed by atoms with Crippen molar-refractivity contribution in [3.8, 4) is 5.75 Å². The van der Waals surface area contributed by atoms with Crippen molar-refractivity contribution in [2.24, 2.45) is 0 Å². The Kier molecular flexibility index (Phi) is 7.09. The van der Waals surface area contributed by atoms with Gasteiger partial charge in [-0.3, -0.25) is 4.79 Å². The van der Waals surface area contributed by atoms with Gasteiger partial charge in [0.05, 0.1) is 12.2 Å². The molecule has 2 aromatic rings. The van der Waals surface area contributed by atoms with Crippen LogP contribution in [0.5, 0.6) is 5.75 Å². The van der Waals surface area contributed by atoms with Crippen molar-refractivity contribution in [3.63, 3.8) is 0 Å². The fourth-order valence-corrected chi connectivity index (χ4v) is 3.89. The van der Waals surface area contributed by atoms with Crippen molar-refractivity contribution in [2.45, 2.75) is 38.6 Å². The van der Waals surface area contributed by atoms with Crippen LogP contribution in [-0.4, -0.2) is 65.6 Å². The summed E-state index contributed by atoms with van der Waals surface area (Å²) in [5.74, 6) is 2.11. The largest absolute Gasteiger partial charge is 0.493 e. The molecule has 0 bridgehead atoms. The number of aryl methyl sites for hydroxylation is 1. The lowest BCUT2D eigenvalue weighted by Crippen LogP contribution is -2.40. The summed E-state index contributed by atoms with van der Waals surface area (Å²) in [4.78, 5) is 22.0. The van der Waals surface area contributed by atoms with Crippen molar-refractivity contribution < 1.29 is 9.53 Å². The summed E-state index contributed by atoms with van der Waals surface area (Å²) in [6, 6.07) is 7.54. The molecule has 28 heavy (non-hydrogen) atoms. The van der Waals surface area contributed by atoms with Crippen LogP contribution in [-0.2, 0) is 6.54 Å². The van der Waals surface area contributed by atoms with Crippen LogP contribution in [0.2, 0.25) is 0 Å². The second kappa shape index (κ2) is 9.73. The van der Waals surface area contributed by atoms with E-state index in [-0.39, 0.29) is 11.8 Å². The Hall–Kier alpha value is -2.34. The highest BCUT2D eigenvalue weighted by Crippen LogP contribution is 2.28. The fraction of sp³-hybridized carbons (Fsp3) is 0.545. The molecule has 152 valence electrons. The van der Waals surface area contributed by atoms with Gasteiger partial charge >= 0.3 is 0 Å². The summed E-state index contributed by atoms with van der Waals surface area (Å²) in [6.07, 6.45) is 7.11. The topological polar surface area (TPSA) is 50.6 Å². The van der Waals surface area contributed by atoms with E-state index in [1.807, 2.05) is 42.3 Å². The van der Waals surface area contributed by atoms with Crippen molar-refractivity contribution in [1.29, 1.82) is 0 Å². The van der Waals surface area contributed by atoms with Crippen LogP contribution in [0.15, 0.2) is 36.7 Å². The number of rotatable bonds is 8. The van der Waals surface area contributed by atoms with E-state index in [0.29, 0.717) is 24.5 Å². The number of aromatic nitrogens is 2. The lowest BCUT2D eigenvalue weighted by Gasteiger charge is -2.33. The van der Waals surface area contributed by atoms with E-state index < -0.39 is 0 Å². The molecule has 6 heteroatoms. The maximum atomic E-state index is 13.2. The lowest BCUT2D eigenvalue weighted by atomic mass is 9.96. The van der Waals surface area contributed by atoms with Crippen LogP contribution in [0, 0.1) is 0 Å². The zero-order valence-electron chi connectivity index (χ0n) is 17.3. The van der Waals surface area contributed by atoms with Crippen LogP contribution in [0.25, 0.3) is 0 Å². The summed E-state index contributed by atoms with van der Waals surface area (Å²) < 4.78 is 7.92. The zero-order valence-corrected chi connectivity index (χ0v) is 17.3. The quantitative estimate of drug-likeness (QED) is 0.701.